The molecular weight excluding hydrogens is 367 g/mol. The van der Waals surface area contributed by atoms with Crippen LogP contribution in [0.25, 0.3) is 0 Å². The maximum absolute atomic E-state index is 13.8. The molecular formula is C20H21FN2O5. The van der Waals surface area contributed by atoms with Crippen molar-refractivity contribution in [2.24, 2.45) is 0 Å². The van der Waals surface area contributed by atoms with Gasteiger partial charge in [-0.1, -0.05) is 12.1 Å². The first-order chi connectivity index (χ1) is 13.3. The summed E-state index contributed by atoms with van der Waals surface area (Å²) < 4.78 is 25.1. The minimum atomic E-state index is -1.15. The average Bonchev–Trinajstić information content (AvgIpc) is 2.66. The number of halogens is 1. The van der Waals surface area contributed by atoms with E-state index in [0.29, 0.717) is 13.0 Å². The average molecular weight is 388 g/mol. The molecule has 0 aliphatic heterocycles. The highest BCUT2D eigenvalue weighted by Gasteiger charge is 2.28. The van der Waals surface area contributed by atoms with E-state index in [4.69, 9.17) is 9.47 Å². The number of nitriles is 1. The smallest absolute Gasteiger partial charge is 0.271 e. The van der Waals surface area contributed by atoms with Gasteiger partial charge in [-0.2, -0.15) is 5.26 Å². The molecule has 2 aromatic rings. The first kappa shape index (κ1) is 21.1. The van der Waals surface area contributed by atoms with Gasteiger partial charge in [0.25, 0.3) is 5.56 Å². The van der Waals surface area contributed by atoms with Crippen molar-refractivity contribution in [3.8, 4) is 17.7 Å². The summed E-state index contributed by atoms with van der Waals surface area (Å²) in [4.78, 5) is 25.4. The first-order valence-electron chi connectivity index (χ1n) is 8.64. The monoisotopic (exact) mass is 388 g/mol. The summed E-state index contributed by atoms with van der Waals surface area (Å²) in [5.74, 6) is -1.97. The zero-order valence-electron chi connectivity index (χ0n) is 15.9. The van der Waals surface area contributed by atoms with Crippen LogP contribution in [-0.2, 0) is 11.3 Å². The second-order valence-corrected chi connectivity index (χ2v) is 6.17. The molecule has 0 fully saturated rings. The lowest BCUT2D eigenvalue weighted by molar-refractivity contribution is 0.0806. The number of aromatic hydroxyl groups is 1. The number of rotatable bonds is 8. The second kappa shape index (κ2) is 9.15. The van der Waals surface area contributed by atoms with Crippen molar-refractivity contribution in [2.45, 2.75) is 32.9 Å². The van der Waals surface area contributed by atoms with Crippen LogP contribution in [0.5, 0.6) is 11.6 Å². The Kier molecular flexibility index (Phi) is 6.90. The molecule has 1 unspecified atom stereocenters. The Morgan fingerprint density at radius 3 is 2.68 bits per heavy atom. The van der Waals surface area contributed by atoms with E-state index in [1.807, 2.05) is 0 Å². The third-order valence-electron chi connectivity index (χ3n) is 4.29. The number of para-hydroxylation sites is 1. The lowest BCUT2D eigenvalue weighted by Crippen LogP contribution is -2.31. The van der Waals surface area contributed by atoms with E-state index >= 15 is 0 Å². The van der Waals surface area contributed by atoms with E-state index in [-0.39, 0.29) is 29.0 Å². The summed E-state index contributed by atoms with van der Waals surface area (Å²) in [7, 11) is 1.50. The van der Waals surface area contributed by atoms with Gasteiger partial charge in [-0.05, 0) is 38.0 Å². The Morgan fingerprint density at radius 2 is 2.07 bits per heavy atom. The Balaban J connectivity index is 2.46. The molecule has 2 rings (SSSR count). The van der Waals surface area contributed by atoms with Crippen LogP contribution in [0.2, 0.25) is 0 Å². The number of nitrogens with zero attached hydrogens (tertiary/aromatic N) is 2. The van der Waals surface area contributed by atoms with Crippen LogP contribution in [0.3, 0.4) is 0 Å². The van der Waals surface area contributed by atoms with E-state index in [2.05, 4.69) is 0 Å². The van der Waals surface area contributed by atoms with Gasteiger partial charge in [-0.15, -0.1) is 0 Å². The van der Waals surface area contributed by atoms with Gasteiger partial charge in [-0.25, -0.2) is 4.39 Å². The molecule has 8 heteroatoms. The normalized spacial score (nSPS) is 11.7. The van der Waals surface area contributed by atoms with Crippen LogP contribution in [0, 0.1) is 24.1 Å². The molecule has 1 atom stereocenters. The molecule has 0 saturated heterocycles. The standard InChI is InChI=1S/C20H21FN2O5/c1-12-14(11-22)19(25)23(9-6-10-27-3)20(26)17(12)18(24)13(2)28-16-8-5-4-7-15(16)21/h4-5,7-8,13,26H,6,9-10H2,1-3H3. The van der Waals surface area contributed by atoms with Crippen molar-refractivity contribution in [1.82, 2.24) is 4.57 Å². The maximum Gasteiger partial charge on any atom is 0.271 e. The summed E-state index contributed by atoms with van der Waals surface area (Å²) in [5.41, 5.74) is -1.07. The fourth-order valence-corrected chi connectivity index (χ4v) is 2.81. The minimum absolute atomic E-state index is 0.0574. The Morgan fingerprint density at radius 1 is 1.39 bits per heavy atom. The molecule has 0 amide bonds. The van der Waals surface area contributed by atoms with Gasteiger partial charge in [-0.3, -0.25) is 14.2 Å². The Bertz CT molecular complexity index is 978. The van der Waals surface area contributed by atoms with Crippen LogP contribution >= 0.6 is 0 Å². The van der Waals surface area contributed by atoms with Crippen LogP contribution in [0.4, 0.5) is 4.39 Å². The number of benzene rings is 1. The maximum atomic E-state index is 13.8. The van der Waals surface area contributed by atoms with Crippen molar-refractivity contribution >= 4 is 5.78 Å². The molecule has 1 N–H and O–H groups in total. The molecule has 0 aliphatic carbocycles. The highest BCUT2D eigenvalue weighted by Crippen LogP contribution is 2.25. The molecule has 0 spiro atoms. The number of hydrogen-bond acceptors (Lipinski definition) is 6. The van der Waals surface area contributed by atoms with E-state index in [1.54, 1.807) is 12.1 Å². The number of aromatic nitrogens is 1. The van der Waals surface area contributed by atoms with Gasteiger partial charge < -0.3 is 14.6 Å². The predicted octanol–water partition coefficient (Wildman–Crippen LogP) is 2.56. The number of pyridine rings is 1. The summed E-state index contributed by atoms with van der Waals surface area (Å²) in [5, 5.41) is 19.9. The van der Waals surface area contributed by atoms with Gasteiger partial charge >= 0.3 is 0 Å². The van der Waals surface area contributed by atoms with Crippen molar-refractivity contribution in [2.75, 3.05) is 13.7 Å². The number of Topliss-reactive ketones (excluding diaryl/α,β-unsaturated/α-hetero) is 1. The number of ketones is 1. The van der Waals surface area contributed by atoms with E-state index in [0.717, 1.165) is 4.57 Å². The molecule has 1 aromatic carbocycles. The van der Waals surface area contributed by atoms with Crippen molar-refractivity contribution in [1.29, 1.82) is 5.26 Å². The van der Waals surface area contributed by atoms with Crippen LogP contribution in [0.15, 0.2) is 29.1 Å². The topological polar surface area (TPSA) is 102 Å². The van der Waals surface area contributed by atoms with Crippen LogP contribution < -0.4 is 10.3 Å². The van der Waals surface area contributed by atoms with Gasteiger partial charge in [0, 0.05) is 20.3 Å². The largest absolute Gasteiger partial charge is 0.494 e. The molecule has 0 radical (unpaired) electrons. The molecule has 0 aliphatic rings. The third kappa shape index (κ3) is 4.21. The second-order valence-electron chi connectivity index (χ2n) is 6.17. The van der Waals surface area contributed by atoms with Gasteiger partial charge in [0.15, 0.2) is 17.7 Å². The van der Waals surface area contributed by atoms with Crippen molar-refractivity contribution < 1.29 is 23.8 Å². The lowest BCUT2D eigenvalue weighted by Gasteiger charge is -2.19. The number of ether oxygens (including phenoxy) is 2. The van der Waals surface area contributed by atoms with E-state index < -0.39 is 29.1 Å². The number of carbonyl (C=O) groups excluding carboxylic acids is 1. The number of carbonyl (C=O) groups is 1. The molecule has 0 saturated carbocycles. The highest BCUT2D eigenvalue weighted by atomic mass is 19.1. The zero-order chi connectivity index (χ0) is 20.8. The molecule has 148 valence electrons. The van der Waals surface area contributed by atoms with E-state index in [1.165, 1.54) is 39.2 Å². The summed E-state index contributed by atoms with van der Waals surface area (Å²) >= 11 is 0. The molecule has 1 heterocycles. The SMILES string of the molecule is COCCCn1c(O)c(C(=O)C(C)Oc2ccccc2F)c(C)c(C#N)c1=O. The summed E-state index contributed by atoms with van der Waals surface area (Å²) in [6.07, 6.45) is -0.759. The quantitative estimate of drug-likeness (QED) is 0.551. The van der Waals surface area contributed by atoms with E-state index in [9.17, 15) is 24.3 Å². The zero-order valence-corrected chi connectivity index (χ0v) is 15.9. The third-order valence-corrected chi connectivity index (χ3v) is 4.29. The van der Waals surface area contributed by atoms with Gasteiger partial charge in [0.2, 0.25) is 11.7 Å². The summed E-state index contributed by atoms with van der Waals surface area (Å²) in [6.45, 7) is 3.20. The first-order valence-corrected chi connectivity index (χ1v) is 8.64. The van der Waals surface area contributed by atoms with Gasteiger partial charge in [0.05, 0.1) is 5.56 Å². The molecule has 28 heavy (non-hydrogen) atoms. The molecule has 1 aromatic heterocycles. The molecule has 7 nitrogen and oxygen atoms in total. The fourth-order valence-electron chi connectivity index (χ4n) is 2.81. The Hall–Kier alpha value is -3.18. The molecule has 0 bridgehead atoms. The Labute approximate surface area is 161 Å². The van der Waals surface area contributed by atoms with Crippen LogP contribution in [0.1, 0.15) is 34.8 Å². The predicted molar refractivity (Wildman–Crippen MR) is 99.1 cm³/mol. The van der Waals surface area contributed by atoms with Gasteiger partial charge in [0.1, 0.15) is 11.6 Å². The fraction of sp³-hybridized carbons (Fsp3) is 0.350. The summed E-state index contributed by atoms with van der Waals surface area (Å²) in [6, 6.07) is 7.40. The number of methoxy groups -OCH3 is 1. The number of hydrogen-bond donors (Lipinski definition) is 1. The van der Waals surface area contributed by atoms with Crippen molar-refractivity contribution in [3.05, 3.63) is 57.1 Å². The highest BCUT2D eigenvalue weighted by molar-refractivity contribution is 6.03. The van der Waals surface area contributed by atoms with Crippen molar-refractivity contribution in [3.63, 3.8) is 0 Å². The minimum Gasteiger partial charge on any atom is -0.494 e. The van der Waals surface area contributed by atoms with Crippen LogP contribution in [-0.4, -0.2) is 35.3 Å². The lowest BCUT2D eigenvalue weighted by atomic mass is 9.99.